The average molecular weight is 303 g/mol. The molecule has 3 rings (SSSR count). The van der Waals surface area contributed by atoms with Crippen LogP contribution in [0, 0.1) is 0 Å². The van der Waals surface area contributed by atoms with Crippen LogP contribution >= 0.6 is 0 Å². The van der Waals surface area contributed by atoms with Gasteiger partial charge in [0.2, 0.25) is 0 Å². The van der Waals surface area contributed by atoms with E-state index in [2.05, 4.69) is 0 Å². The third-order valence-corrected chi connectivity index (χ3v) is 2.20. The Morgan fingerprint density at radius 3 is 1.27 bits per heavy atom. The first-order chi connectivity index (χ1) is 10.4. The van der Waals surface area contributed by atoms with Crippen LogP contribution in [0.15, 0.2) is 48.6 Å². The lowest BCUT2D eigenvalue weighted by Crippen LogP contribution is -2.19. The Kier molecular flexibility index (Phi) is 6.05. The molecule has 0 saturated heterocycles. The molecular formula is C14H13N3O5. The molecule has 0 spiro atoms. The molecule has 0 radical (unpaired) electrons. The minimum atomic E-state index is -0.329. The number of nitrogens with two attached hydrogens (primary N) is 1. The summed E-state index contributed by atoms with van der Waals surface area (Å²) in [4.78, 5) is 40.1. The van der Waals surface area contributed by atoms with Crippen molar-refractivity contribution in [2.45, 2.75) is 0 Å². The van der Waals surface area contributed by atoms with E-state index in [4.69, 9.17) is 10.8 Å². The number of para-hydroxylation sites is 2. The van der Waals surface area contributed by atoms with Gasteiger partial charge < -0.3 is 10.8 Å². The number of hydrogen-bond acceptors (Lipinski definition) is 6. The summed E-state index contributed by atoms with van der Waals surface area (Å²) in [6, 6.07) is 6.70. The molecule has 4 amide bonds. The molecule has 1 aromatic carbocycles. The van der Waals surface area contributed by atoms with Gasteiger partial charge in [0.1, 0.15) is 5.75 Å². The van der Waals surface area contributed by atoms with E-state index in [-0.39, 0.29) is 29.4 Å². The first-order valence-electron chi connectivity index (χ1n) is 5.98. The predicted octanol–water partition coefficient (Wildman–Crippen LogP) is -0.628. The lowest BCUT2D eigenvalue weighted by molar-refractivity contribution is -0.125. The minimum absolute atomic E-state index is 0.146. The number of hydrogen-bond donors (Lipinski definition) is 4. The normalized spacial score (nSPS) is 14.5. The Bertz CT molecular complexity index is 575. The summed E-state index contributed by atoms with van der Waals surface area (Å²) >= 11 is 0. The van der Waals surface area contributed by atoms with Crippen LogP contribution in [0.4, 0.5) is 5.69 Å². The van der Waals surface area contributed by atoms with Crippen molar-refractivity contribution in [2.75, 3.05) is 5.73 Å². The number of nitrogen functional groups attached to an aromatic ring is 1. The number of nitrogens with one attached hydrogen (secondary N) is 2. The Hall–Kier alpha value is -3.42. The molecule has 0 atom stereocenters. The number of imide groups is 2. The summed E-state index contributed by atoms with van der Waals surface area (Å²) in [7, 11) is 0. The van der Waals surface area contributed by atoms with Gasteiger partial charge in [0.05, 0.1) is 5.69 Å². The number of amides is 4. The summed E-state index contributed by atoms with van der Waals surface area (Å²) in [5.41, 5.74) is 5.69. The molecule has 5 N–H and O–H groups in total. The van der Waals surface area contributed by atoms with Crippen molar-refractivity contribution < 1.29 is 24.3 Å². The van der Waals surface area contributed by atoms with E-state index in [0.29, 0.717) is 5.69 Å². The number of carbonyl (C=O) groups is 4. The molecule has 0 aromatic heterocycles. The second-order valence-corrected chi connectivity index (χ2v) is 3.93. The molecular weight excluding hydrogens is 290 g/mol. The SMILES string of the molecule is Nc1ccccc1O.O=C1C=CC(=O)N1.O=C1C=CC(=O)N1. The lowest BCUT2D eigenvalue weighted by Gasteiger charge is -1.92. The summed E-state index contributed by atoms with van der Waals surface area (Å²) < 4.78 is 0. The Morgan fingerprint density at radius 1 is 0.727 bits per heavy atom. The number of benzene rings is 1. The summed E-state index contributed by atoms with van der Waals surface area (Å²) in [5.74, 6) is -1.17. The van der Waals surface area contributed by atoms with Crippen LogP contribution in [0.5, 0.6) is 5.75 Å². The lowest BCUT2D eigenvalue weighted by atomic mass is 10.3. The van der Waals surface area contributed by atoms with Gasteiger partial charge in [-0.25, -0.2) is 0 Å². The highest BCUT2D eigenvalue weighted by Crippen LogP contribution is 2.16. The Labute approximate surface area is 125 Å². The van der Waals surface area contributed by atoms with Gasteiger partial charge in [0.25, 0.3) is 23.6 Å². The second kappa shape index (κ2) is 8.00. The molecule has 2 aliphatic heterocycles. The van der Waals surface area contributed by atoms with Gasteiger partial charge in [0, 0.05) is 24.3 Å². The first-order valence-corrected chi connectivity index (χ1v) is 5.98. The minimum Gasteiger partial charge on any atom is -0.506 e. The van der Waals surface area contributed by atoms with E-state index < -0.39 is 0 Å². The fraction of sp³-hybridized carbons (Fsp3) is 0. The van der Waals surface area contributed by atoms with Crippen molar-refractivity contribution in [2.24, 2.45) is 0 Å². The molecule has 114 valence electrons. The molecule has 8 heteroatoms. The van der Waals surface area contributed by atoms with Crippen molar-refractivity contribution in [1.82, 2.24) is 10.6 Å². The van der Waals surface area contributed by atoms with Crippen LogP contribution in [0.1, 0.15) is 0 Å². The molecule has 2 heterocycles. The summed E-state index contributed by atoms with van der Waals surface area (Å²) in [5, 5.41) is 12.8. The van der Waals surface area contributed by atoms with Crippen LogP contribution in [0.2, 0.25) is 0 Å². The quantitative estimate of drug-likeness (QED) is 0.286. The summed E-state index contributed by atoms with van der Waals surface area (Å²) in [6.07, 6.45) is 4.79. The highest BCUT2D eigenvalue weighted by molar-refractivity contribution is 6.13. The van der Waals surface area contributed by atoms with Crippen LogP contribution in [0.3, 0.4) is 0 Å². The number of aromatic hydroxyl groups is 1. The van der Waals surface area contributed by atoms with Gasteiger partial charge in [-0.2, -0.15) is 0 Å². The molecule has 22 heavy (non-hydrogen) atoms. The smallest absolute Gasteiger partial charge is 0.250 e. The molecule has 2 aliphatic rings. The highest BCUT2D eigenvalue weighted by Gasteiger charge is 2.07. The number of carbonyl (C=O) groups excluding carboxylic acids is 4. The van der Waals surface area contributed by atoms with Gasteiger partial charge >= 0.3 is 0 Å². The molecule has 0 bridgehead atoms. The maximum Gasteiger partial charge on any atom is 0.250 e. The van der Waals surface area contributed by atoms with E-state index in [1.807, 2.05) is 10.6 Å². The van der Waals surface area contributed by atoms with Gasteiger partial charge in [-0.1, -0.05) is 12.1 Å². The second-order valence-electron chi connectivity index (χ2n) is 3.93. The van der Waals surface area contributed by atoms with Crippen molar-refractivity contribution in [3.63, 3.8) is 0 Å². The van der Waals surface area contributed by atoms with Gasteiger partial charge in [-0.05, 0) is 12.1 Å². The molecule has 0 saturated carbocycles. The van der Waals surface area contributed by atoms with E-state index >= 15 is 0 Å². The number of anilines is 1. The summed E-state index contributed by atoms with van der Waals surface area (Å²) in [6.45, 7) is 0. The van der Waals surface area contributed by atoms with Gasteiger partial charge in [0.15, 0.2) is 0 Å². The van der Waals surface area contributed by atoms with Crippen LogP contribution in [0.25, 0.3) is 0 Å². The number of phenolic OH excluding ortho intramolecular Hbond substituents is 1. The molecule has 8 nitrogen and oxygen atoms in total. The highest BCUT2D eigenvalue weighted by atomic mass is 16.3. The topological polar surface area (TPSA) is 139 Å². The van der Waals surface area contributed by atoms with Gasteiger partial charge in [-0.15, -0.1) is 0 Å². The standard InChI is InChI=1S/C6H7NO.2C4H3NO2/c7-5-3-1-2-4-6(5)8;2*6-3-1-2-4(7)5-3/h1-4,8H,7H2;2*1-2H,(H,5,6,7). The average Bonchev–Trinajstić information content (AvgIpc) is 3.02. The largest absolute Gasteiger partial charge is 0.506 e. The van der Waals surface area contributed by atoms with Crippen molar-refractivity contribution in [1.29, 1.82) is 0 Å². The zero-order valence-corrected chi connectivity index (χ0v) is 11.3. The van der Waals surface area contributed by atoms with E-state index in [1.165, 1.54) is 24.3 Å². The van der Waals surface area contributed by atoms with Crippen LogP contribution < -0.4 is 16.4 Å². The van der Waals surface area contributed by atoms with E-state index in [0.717, 1.165) is 0 Å². The molecule has 1 aromatic rings. The van der Waals surface area contributed by atoms with E-state index in [1.54, 1.807) is 24.3 Å². The zero-order chi connectivity index (χ0) is 16.5. The van der Waals surface area contributed by atoms with Gasteiger partial charge in [-0.3, -0.25) is 29.8 Å². The zero-order valence-electron chi connectivity index (χ0n) is 11.3. The van der Waals surface area contributed by atoms with E-state index in [9.17, 15) is 19.2 Å². The maximum atomic E-state index is 10.0. The monoisotopic (exact) mass is 303 g/mol. The number of phenols is 1. The van der Waals surface area contributed by atoms with Crippen molar-refractivity contribution in [3.8, 4) is 5.75 Å². The Balaban J connectivity index is 0.000000166. The molecule has 0 unspecified atom stereocenters. The van der Waals surface area contributed by atoms with Crippen molar-refractivity contribution >= 4 is 29.3 Å². The molecule has 0 fully saturated rings. The fourth-order valence-corrected chi connectivity index (χ4v) is 1.20. The van der Waals surface area contributed by atoms with Crippen molar-refractivity contribution in [3.05, 3.63) is 48.6 Å². The third kappa shape index (κ3) is 6.15. The number of rotatable bonds is 0. The maximum absolute atomic E-state index is 10.0. The molecule has 0 aliphatic carbocycles. The van der Waals surface area contributed by atoms with Crippen LogP contribution in [-0.4, -0.2) is 28.7 Å². The third-order valence-electron chi connectivity index (χ3n) is 2.20. The fourth-order valence-electron chi connectivity index (χ4n) is 1.20. The van der Waals surface area contributed by atoms with Crippen LogP contribution in [-0.2, 0) is 19.2 Å². The predicted molar refractivity (Wildman–Crippen MR) is 77.1 cm³/mol. The first kappa shape index (κ1) is 16.6. The Morgan fingerprint density at radius 2 is 1.09 bits per heavy atom.